The SMILES string of the molecule is CCCCCC1(CCC)CCC(=O)OC1. The molecule has 1 heterocycles. The van der Waals surface area contributed by atoms with Crippen LogP contribution in [0, 0.1) is 5.41 Å². The summed E-state index contributed by atoms with van der Waals surface area (Å²) in [6, 6.07) is 0. The van der Waals surface area contributed by atoms with E-state index in [1.54, 1.807) is 0 Å². The molecule has 1 aliphatic heterocycles. The predicted octanol–water partition coefficient (Wildman–Crippen LogP) is 3.69. The second kappa shape index (κ2) is 6.14. The zero-order chi connectivity index (χ0) is 11.1. The monoisotopic (exact) mass is 212 g/mol. The molecule has 0 N–H and O–H groups in total. The van der Waals surface area contributed by atoms with Crippen LogP contribution in [0.1, 0.15) is 65.2 Å². The molecule has 0 spiro atoms. The van der Waals surface area contributed by atoms with Gasteiger partial charge in [0.25, 0.3) is 0 Å². The molecule has 88 valence electrons. The van der Waals surface area contributed by atoms with Gasteiger partial charge in [0.15, 0.2) is 0 Å². The van der Waals surface area contributed by atoms with Gasteiger partial charge >= 0.3 is 5.97 Å². The number of carbonyl (C=O) groups excluding carboxylic acids is 1. The van der Waals surface area contributed by atoms with Crippen molar-refractivity contribution >= 4 is 5.97 Å². The fourth-order valence-corrected chi connectivity index (χ4v) is 2.54. The first-order valence-electron chi connectivity index (χ1n) is 6.38. The molecule has 1 atom stereocenters. The Labute approximate surface area is 93.4 Å². The summed E-state index contributed by atoms with van der Waals surface area (Å²) in [5.74, 6) is -0.00257. The summed E-state index contributed by atoms with van der Waals surface area (Å²) >= 11 is 0. The van der Waals surface area contributed by atoms with Crippen LogP contribution in [0.4, 0.5) is 0 Å². The van der Waals surface area contributed by atoms with Crippen molar-refractivity contribution in [1.82, 2.24) is 0 Å². The van der Waals surface area contributed by atoms with E-state index in [2.05, 4.69) is 13.8 Å². The summed E-state index contributed by atoms with van der Waals surface area (Å²) in [7, 11) is 0. The summed E-state index contributed by atoms with van der Waals surface area (Å²) < 4.78 is 5.24. The molecule has 0 amide bonds. The Morgan fingerprint density at radius 2 is 2.00 bits per heavy atom. The van der Waals surface area contributed by atoms with Gasteiger partial charge in [-0.3, -0.25) is 4.79 Å². The molecule has 1 unspecified atom stereocenters. The maximum absolute atomic E-state index is 11.1. The second-order valence-electron chi connectivity index (χ2n) is 4.87. The molecule has 0 bridgehead atoms. The molecule has 1 fully saturated rings. The van der Waals surface area contributed by atoms with E-state index in [-0.39, 0.29) is 5.97 Å². The van der Waals surface area contributed by atoms with Gasteiger partial charge in [-0.15, -0.1) is 0 Å². The Morgan fingerprint density at radius 3 is 2.53 bits per heavy atom. The van der Waals surface area contributed by atoms with Gasteiger partial charge in [0.05, 0.1) is 6.61 Å². The lowest BCUT2D eigenvalue weighted by atomic mass is 9.74. The van der Waals surface area contributed by atoms with Crippen LogP contribution in [0.15, 0.2) is 0 Å². The number of hydrogen-bond donors (Lipinski definition) is 0. The minimum atomic E-state index is -0.00257. The third-order valence-electron chi connectivity index (χ3n) is 3.49. The van der Waals surface area contributed by atoms with E-state index in [9.17, 15) is 4.79 Å². The van der Waals surface area contributed by atoms with Crippen LogP contribution in [-0.4, -0.2) is 12.6 Å². The Morgan fingerprint density at radius 1 is 1.20 bits per heavy atom. The molecular formula is C13H24O2. The van der Waals surface area contributed by atoms with Crippen molar-refractivity contribution in [1.29, 1.82) is 0 Å². The van der Waals surface area contributed by atoms with Crippen LogP contribution >= 0.6 is 0 Å². The highest BCUT2D eigenvalue weighted by molar-refractivity contribution is 5.70. The van der Waals surface area contributed by atoms with E-state index in [1.165, 1.54) is 38.5 Å². The van der Waals surface area contributed by atoms with Crippen molar-refractivity contribution in [2.24, 2.45) is 5.41 Å². The normalized spacial score (nSPS) is 26.4. The van der Waals surface area contributed by atoms with Gasteiger partial charge in [-0.1, -0.05) is 39.5 Å². The predicted molar refractivity (Wildman–Crippen MR) is 61.7 cm³/mol. The quantitative estimate of drug-likeness (QED) is 0.496. The van der Waals surface area contributed by atoms with Crippen LogP contribution in [0.5, 0.6) is 0 Å². The van der Waals surface area contributed by atoms with Crippen molar-refractivity contribution in [2.75, 3.05) is 6.61 Å². The maximum atomic E-state index is 11.1. The van der Waals surface area contributed by atoms with Gasteiger partial charge in [0.2, 0.25) is 0 Å². The molecule has 0 radical (unpaired) electrons. The molecule has 0 aliphatic carbocycles. The number of rotatable bonds is 6. The van der Waals surface area contributed by atoms with Crippen molar-refractivity contribution < 1.29 is 9.53 Å². The summed E-state index contributed by atoms with van der Waals surface area (Å²) in [6.07, 6.45) is 9.18. The molecule has 15 heavy (non-hydrogen) atoms. The lowest BCUT2D eigenvalue weighted by Gasteiger charge is -2.36. The summed E-state index contributed by atoms with van der Waals surface area (Å²) in [4.78, 5) is 11.1. The molecule has 2 nitrogen and oxygen atoms in total. The summed E-state index contributed by atoms with van der Waals surface area (Å²) in [5.41, 5.74) is 0.317. The number of cyclic esters (lactones) is 1. The Kier molecular flexibility index (Phi) is 5.13. The second-order valence-corrected chi connectivity index (χ2v) is 4.87. The van der Waals surface area contributed by atoms with Crippen LogP contribution < -0.4 is 0 Å². The smallest absolute Gasteiger partial charge is 0.305 e. The number of ether oxygens (including phenoxy) is 1. The van der Waals surface area contributed by atoms with Crippen LogP contribution in [0.3, 0.4) is 0 Å². The number of hydrogen-bond acceptors (Lipinski definition) is 2. The minimum Gasteiger partial charge on any atom is -0.465 e. The Balaban J connectivity index is 2.42. The standard InChI is InChI=1S/C13H24O2/c1-3-5-6-9-13(8-4-2)10-7-12(14)15-11-13/h3-11H2,1-2H3. The van der Waals surface area contributed by atoms with Gasteiger partial charge in [-0.2, -0.15) is 0 Å². The Bertz CT molecular complexity index is 189. The first kappa shape index (κ1) is 12.5. The topological polar surface area (TPSA) is 26.3 Å². The molecule has 0 saturated carbocycles. The zero-order valence-electron chi connectivity index (χ0n) is 10.2. The molecule has 1 rings (SSSR count). The number of carbonyl (C=O) groups is 1. The first-order chi connectivity index (χ1) is 7.22. The highest BCUT2D eigenvalue weighted by Gasteiger charge is 2.34. The molecule has 0 aromatic heterocycles. The van der Waals surface area contributed by atoms with Crippen molar-refractivity contribution in [3.05, 3.63) is 0 Å². The van der Waals surface area contributed by atoms with E-state index in [0.717, 1.165) is 6.42 Å². The molecular weight excluding hydrogens is 188 g/mol. The van der Waals surface area contributed by atoms with E-state index >= 15 is 0 Å². The van der Waals surface area contributed by atoms with Crippen LogP contribution in [-0.2, 0) is 9.53 Å². The summed E-state index contributed by atoms with van der Waals surface area (Å²) in [5, 5.41) is 0. The van der Waals surface area contributed by atoms with Crippen LogP contribution in [0.25, 0.3) is 0 Å². The van der Waals surface area contributed by atoms with Crippen molar-refractivity contribution in [3.8, 4) is 0 Å². The maximum Gasteiger partial charge on any atom is 0.305 e. The highest BCUT2D eigenvalue weighted by Crippen LogP contribution is 2.38. The van der Waals surface area contributed by atoms with Gasteiger partial charge in [-0.25, -0.2) is 0 Å². The average molecular weight is 212 g/mol. The zero-order valence-corrected chi connectivity index (χ0v) is 10.2. The summed E-state index contributed by atoms with van der Waals surface area (Å²) in [6.45, 7) is 5.12. The van der Waals surface area contributed by atoms with E-state index in [4.69, 9.17) is 4.74 Å². The largest absolute Gasteiger partial charge is 0.465 e. The van der Waals surface area contributed by atoms with Gasteiger partial charge < -0.3 is 4.74 Å². The van der Waals surface area contributed by atoms with Gasteiger partial charge in [-0.05, 0) is 19.3 Å². The minimum absolute atomic E-state index is 0.00257. The van der Waals surface area contributed by atoms with Crippen molar-refractivity contribution in [2.45, 2.75) is 65.2 Å². The fraction of sp³-hybridized carbons (Fsp3) is 0.923. The molecule has 1 saturated heterocycles. The number of esters is 1. The van der Waals surface area contributed by atoms with Gasteiger partial charge in [0, 0.05) is 11.8 Å². The Hall–Kier alpha value is -0.530. The van der Waals surface area contributed by atoms with Gasteiger partial charge in [0.1, 0.15) is 0 Å². The third kappa shape index (κ3) is 3.84. The van der Waals surface area contributed by atoms with Crippen molar-refractivity contribution in [3.63, 3.8) is 0 Å². The molecule has 1 aliphatic rings. The molecule has 2 heteroatoms. The third-order valence-corrected chi connectivity index (χ3v) is 3.49. The highest BCUT2D eigenvalue weighted by atomic mass is 16.5. The van der Waals surface area contributed by atoms with E-state index in [0.29, 0.717) is 18.4 Å². The van der Waals surface area contributed by atoms with E-state index in [1.807, 2.05) is 0 Å². The lowest BCUT2D eigenvalue weighted by Crippen LogP contribution is -2.34. The molecule has 0 aromatic rings. The number of unbranched alkanes of at least 4 members (excludes halogenated alkanes) is 2. The molecule has 0 aromatic carbocycles. The average Bonchev–Trinajstić information content (AvgIpc) is 2.23. The fourth-order valence-electron chi connectivity index (χ4n) is 2.54. The van der Waals surface area contributed by atoms with E-state index < -0.39 is 0 Å². The first-order valence-corrected chi connectivity index (χ1v) is 6.38. The lowest BCUT2D eigenvalue weighted by molar-refractivity contribution is -0.155. The van der Waals surface area contributed by atoms with Crippen LogP contribution in [0.2, 0.25) is 0 Å².